The summed E-state index contributed by atoms with van der Waals surface area (Å²) in [6.45, 7) is 0.315. The molecule has 0 amide bonds. The molecule has 1 radical (unpaired) electrons. The largest absolute Gasteiger partial charge is 0.393 e. The highest BCUT2D eigenvalue weighted by Gasteiger charge is 1.80. The van der Waals surface area contributed by atoms with Crippen molar-refractivity contribution in [2.24, 2.45) is 5.73 Å². The second kappa shape index (κ2) is 3.06. The average Bonchev–Trinajstić information content (AvgIpc) is 1.35. The van der Waals surface area contributed by atoms with Crippen molar-refractivity contribution in [2.45, 2.75) is 6.42 Å². The molecule has 0 aromatic rings. The summed E-state index contributed by atoms with van der Waals surface area (Å²) < 4.78 is 0. The lowest BCUT2D eigenvalue weighted by atomic mass is 10.4. The lowest BCUT2D eigenvalue weighted by Crippen LogP contribution is -2.09. The molecule has 0 unspecified atom stereocenters. The molecule has 0 atom stereocenters. The van der Waals surface area contributed by atoms with Gasteiger partial charge in [-0.1, -0.05) is 12.2 Å². The maximum Gasteiger partial charge on any atom is 0.0740 e. The highest BCUT2D eigenvalue weighted by atomic mass is 32.1. The summed E-state index contributed by atoms with van der Waals surface area (Å²) in [6, 6.07) is 0. The maximum absolute atomic E-state index is 6.57. The molecule has 0 saturated carbocycles. The van der Waals surface area contributed by atoms with E-state index in [4.69, 9.17) is 11.5 Å². The van der Waals surface area contributed by atoms with Crippen molar-refractivity contribution in [3.8, 4) is 0 Å². The molecule has 0 bridgehead atoms. The zero-order valence-corrected chi connectivity index (χ0v) is 4.22. The Morgan fingerprint density at radius 1 is 1.83 bits per heavy atom. The summed E-state index contributed by atoms with van der Waals surface area (Å²) in [5, 5.41) is 0. The molecular formula is C3H7N2S. The fourth-order valence-electron chi connectivity index (χ4n) is 0.123. The van der Waals surface area contributed by atoms with Crippen LogP contribution in [-0.2, 0) is 0 Å². The van der Waals surface area contributed by atoms with Crippen molar-refractivity contribution >= 4 is 17.2 Å². The van der Waals surface area contributed by atoms with Gasteiger partial charge in [-0.05, 0) is 0 Å². The molecule has 0 saturated heterocycles. The normalized spacial score (nSPS) is 8.17. The van der Waals surface area contributed by atoms with E-state index in [1.807, 2.05) is 0 Å². The minimum absolute atomic E-state index is 0.315. The van der Waals surface area contributed by atoms with Gasteiger partial charge in [0.1, 0.15) is 0 Å². The Labute approximate surface area is 42.5 Å². The Balaban J connectivity index is 2.83. The maximum atomic E-state index is 6.57. The first kappa shape index (κ1) is 5.85. The van der Waals surface area contributed by atoms with E-state index in [-0.39, 0.29) is 0 Å². The lowest BCUT2D eigenvalue weighted by Gasteiger charge is -1.85. The zero-order valence-electron chi connectivity index (χ0n) is 3.40. The SMILES string of the molecule is [NH]CCC(N)=S. The average molecular weight is 103 g/mol. The molecule has 0 aliphatic heterocycles. The molecule has 0 aromatic heterocycles. The molecule has 6 heavy (non-hydrogen) atoms. The van der Waals surface area contributed by atoms with Crippen molar-refractivity contribution in [1.82, 2.24) is 5.73 Å². The van der Waals surface area contributed by atoms with Gasteiger partial charge in [0.25, 0.3) is 0 Å². The van der Waals surface area contributed by atoms with Gasteiger partial charge in [0, 0.05) is 13.0 Å². The Bertz CT molecular complexity index is 52.8. The minimum atomic E-state index is 0.315. The van der Waals surface area contributed by atoms with Gasteiger partial charge in [-0.15, -0.1) is 0 Å². The van der Waals surface area contributed by atoms with E-state index in [1.54, 1.807) is 0 Å². The molecule has 0 aliphatic carbocycles. The van der Waals surface area contributed by atoms with Crippen LogP contribution in [-0.4, -0.2) is 11.5 Å². The number of thiocarbonyl (C=S) groups is 1. The first-order chi connectivity index (χ1) is 2.77. The third kappa shape index (κ3) is 3.85. The Hall–Kier alpha value is -0.150. The van der Waals surface area contributed by atoms with Gasteiger partial charge in [-0.2, -0.15) is 0 Å². The fourth-order valence-corrected chi connectivity index (χ4v) is 0.225. The molecule has 35 valence electrons. The van der Waals surface area contributed by atoms with E-state index < -0.39 is 0 Å². The van der Waals surface area contributed by atoms with Crippen LogP contribution in [0.15, 0.2) is 0 Å². The molecule has 3 heteroatoms. The summed E-state index contributed by atoms with van der Waals surface area (Å²) in [4.78, 5) is 0.435. The van der Waals surface area contributed by atoms with Crippen molar-refractivity contribution in [1.29, 1.82) is 0 Å². The van der Waals surface area contributed by atoms with Gasteiger partial charge >= 0.3 is 0 Å². The standard InChI is InChI=1S/C3H7N2S/c4-2-1-3(5)6/h4H,1-2H2,(H2,5,6). The van der Waals surface area contributed by atoms with E-state index in [2.05, 4.69) is 12.2 Å². The van der Waals surface area contributed by atoms with E-state index >= 15 is 0 Å². The van der Waals surface area contributed by atoms with Crippen LogP contribution in [0.5, 0.6) is 0 Å². The summed E-state index contributed by atoms with van der Waals surface area (Å²) >= 11 is 4.45. The second-order valence-corrected chi connectivity index (χ2v) is 1.49. The first-order valence-corrected chi connectivity index (χ1v) is 2.11. The van der Waals surface area contributed by atoms with Crippen LogP contribution in [0.2, 0.25) is 0 Å². The molecular weight excluding hydrogens is 96.1 g/mol. The molecule has 2 nitrogen and oxygen atoms in total. The van der Waals surface area contributed by atoms with Crippen LogP contribution in [0, 0.1) is 0 Å². The van der Waals surface area contributed by atoms with Crippen LogP contribution in [0.25, 0.3) is 0 Å². The van der Waals surface area contributed by atoms with Crippen LogP contribution in [0.4, 0.5) is 0 Å². The van der Waals surface area contributed by atoms with Crippen molar-refractivity contribution < 1.29 is 0 Å². The summed E-state index contributed by atoms with van der Waals surface area (Å²) in [7, 11) is 0. The van der Waals surface area contributed by atoms with Gasteiger partial charge in [-0.25, -0.2) is 0 Å². The number of nitrogens with two attached hydrogens (primary N) is 1. The third-order valence-electron chi connectivity index (χ3n) is 0.371. The molecule has 0 aromatic carbocycles. The highest BCUT2D eigenvalue weighted by Crippen LogP contribution is 1.71. The van der Waals surface area contributed by atoms with E-state index in [9.17, 15) is 0 Å². The van der Waals surface area contributed by atoms with E-state index in [0.29, 0.717) is 18.0 Å². The van der Waals surface area contributed by atoms with Gasteiger partial charge in [-0.3, -0.25) is 5.73 Å². The smallest absolute Gasteiger partial charge is 0.0740 e. The Kier molecular flexibility index (Phi) is 2.98. The van der Waals surface area contributed by atoms with Gasteiger partial charge in [0.2, 0.25) is 0 Å². The number of nitrogens with one attached hydrogen (secondary N) is 1. The molecule has 0 fully saturated rings. The van der Waals surface area contributed by atoms with Crippen LogP contribution >= 0.6 is 12.2 Å². The van der Waals surface area contributed by atoms with E-state index in [0.717, 1.165) is 0 Å². The number of hydrogen-bond acceptors (Lipinski definition) is 1. The Morgan fingerprint density at radius 2 is 2.33 bits per heavy atom. The monoisotopic (exact) mass is 103 g/mol. The molecule has 0 rings (SSSR count). The number of hydrogen-bond donors (Lipinski definition) is 1. The summed E-state index contributed by atoms with van der Waals surface area (Å²) in [5.74, 6) is 0. The quantitative estimate of drug-likeness (QED) is 0.498. The number of rotatable bonds is 2. The van der Waals surface area contributed by atoms with Crippen molar-refractivity contribution in [2.75, 3.05) is 6.54 Å². The molecule has 0 spiro atoms. The van der Waals surface area contributed by atoms with Crippen molar-refractivity contribution in [3.05, 3.63) is 0 Å². The van der Waals surface area contributed by atoms with Gasteiger partial charge < -0.3 is 5.73 Å². The van der Waals surface area contributed by atoms with Crippen LogP contribution in [0.3, 0.4) is 0 Å². The third-order valence-corrected chi connectivity index (χ3v) is 0.576. The van der Waals surface area contributed by atoms with Crippen LogP contribution < -0.4 is 11.5 Å². The van der Waals surface area contributed by atoms with Crippen LogP contribution in [0.1, 0.15) is 6.42 Å². The first-order valence-electron chi connectivity index (χ1n) is 1.70. The second-order valence-electron chi connectivity index (χ2n) is 0.966. The van der Waals surface area contributed by atoms with Gasteiger partial charge in [0.05, 0.1) is 4.99 Å². The van der Waals surface area contributed by atoms with Gasteiger partial charge in [0.15, 0.2) is 0 Å². The summed E-state index contributed by atoms with van der Waals surface area (Å²) in [6.07, 6.45) is 0.551. The predicted octanol–water partition coefficient (Wildman–Crippen LogP) is -0.0545. The fraction of sp³-hybridized carbons (Fsp3) is 0.667. The minimum Gasteiger partial charge on any atom is -0.393 e. The molecule has 0 heterocycles. The highest BCUT2D eigenvalue weighted by molar-refractivity contribution is 7.80. The topological polar surface area (TPSA) is 49.8 Å². The zero-order chi connectivity index (χ0) is 4.99. The predicted molar refractivity (Wildman–Crippen MR) is 29.4 cm³/mol. The van der Waals surface area contributed by atoms with E-state index in [1.165, 1.54) is 0 Å². The molecule has 3 N–H and O–H groups in total. The molecule has 0 aliphatic rings. The lowest BCUT2D eigenvalue weighted by molar-refractivity contribution is 1.01. The van der Waals surface area contributed by atoms with Crippen molar-refractivity contribution in [3.63, 3.8) is 0 Å². The summed E-state index contributed by atoms with van der Waals surface area (Å²) in [5.41, 5.74) is 11.6. The Morgan fingerprint density at radius 3 is 2.33 bits per heavy atom.